The monoisotopic (exact) mass is 344 g/mol. The van der Waals surface area contributed by atoms with Crippen molar-refractivity contribution in [2.45, 2.75) is 44.7 Å². The van der Waals surface area contributed by atoms with E-state index in [9.17, 15) is 0 Å². The fourth-order valence-electron chi connectivity index (χ4n) is 3.59. The lowest BCUT2D eigenvalue weighted by Gasteiger charge is -2.32. The summed E-state index contributed by atoms with van der Waals surface area (Å²) in [7, 11) is -0.316. The Labute approximate surface area is 156 Å². The topological polar surface area (TPSA) is 18.5 Å². The zero-order chi connectivity index (χ0) is 18.4. The Hall–Kier alpha value is -2.10. The molecule has 26 heavy (non-hydrogen) atoms. The van der Waals surface area contributed by atoms with Gasteiger partial charge >= 0.3 is 7.12 Å². The second kappa shape index (κ2) is 6.26. The minimum atomic E-state index is -0.346. The quantitative estimate of drug-likeness (QED) is 0.576. The maximum Gasteiger partial charge on any atom is 0.470 e. The van der Waals surface area contributed by atoms with E-state index >= 15 is 0 Å². The van der Waals surface area contributed by atoms with Crippen LogP contribution in [0.15, 0.2) is 72.8 Å². The molecule has 1 aliphatic rings. The van der Waals surface area contributed by atoms with Gasteiger partial charge in [-0.05, 0) is 49.6 Å². The van der Waals surface area contributed by atoms with Gasteiger partial charge in [0.15, 0.2) is 0 Å². The molecule has 4 rings (SSSR count). The third kappa shape index (κ3) is 2.96. The number of benzene rings is 3. The van der Waals surface area contributed by atoms with Gasteiger partial charge in [-0.25, -0.2) is 0 Å². The number of hydrogen-bond donors (Lipinski definition) is 0. The van der Waals surface area contributed by atoms with Crippen LogP contribution in [0.2, 0.25) is 0 Å². The standard InChI is InChI=1S/C23H25BO2/c1-22(2)23(3,4)26-24(25-22)21(18-11-6-5-7-12-18)20-15-14-17-10-8-9-13-19(17)16-20/h5-16,21H,1-4H3. The Morgan fingerprint density at radius 3 is 1.88 bits per heavy atom. The van der Waals surface area contributed by atoms with E-state index in [2.05, 4.69) is 94.4 Å². The predicted molar refractivity (Wildman–Crippen MR) is 108 cm³/mol. The van der Waals surface area contributed by atoms with Gasteiger partial charge in [0.2, 0.25) is 0 Å². The Morgan fingerprint density at radius 2 is 1.23 bits per heavy atom. The second-order valence-electron chi connectivity index (χ2n) is 8.12. The first-order chi connectivity index (χ1) is 12.4. The smallest absolute Gasteiger partial charge is 0.403 e. The van der Waals surface area contributed by atoms with Crippen LogP contribution in [-0.2, 0) is 9.31 Å². The molecule has 1 fully saturated rings. The van der Waals surface area contributed by atoms with Crippen molar-refractivity contribution in [1.29, 1.82) is 0 Å². The summed E-state index contributed by atoms with van der Waals surface area (Å²) < 4.78 is 12.8. The van der Waals surface area contributed by atoms with Crippen LogP contribution in [0.3, 0.4) is 0 Å². The average molecular weight is 344 g/mol. The van der Waals surface area contributed by atoms with E-state index in [0.717, 1.165) is 0 Å². The van der Waals surface area contributed by atoms with E-state index in [1.807, 2.05) is 6.07 Å². The molecular formula is C23H25BO2. The molecule has 0 bridgehead atoms. The molecule has 1 aliphatic heterocycles. The molecule has 0 saturated carbocycles. The minimum Gasteiger partial charge on any atom is -0.403 e. The van der Waals surface area contributed by atoms with Crippen LogP contribution in [-0.4, -0.2) is 18.3 Å². The Kier molecular flexibility index (Phi) is 4.17. The van der Waals surface area contributed by atoms with Crippen molar-refractivity contribution in [2.75, 3.05) is 0 Å². The lowest BCUT2D eigenvalue weighted by molar-refractivity contribution is 0.00578. The summed E-state index contributed by atoms with van der Waals surface area (Å²) in [6, 6.07) is 25.6. The third-order valence-electron chi connectivity index (χ3n) is 5.83. The molecule has 0 amide bonds. The number of rotatable bonds is 3. The summed E-state index contributed by atoms with van der Waals surface area (Å²) in [5, 5.41) is 2.49. The minimum absolute atomic E-state index is 0.0295. The van der Waals surface area contributed by atoms with E-state index in [-0.39, 0.29) is 24.1 Å². The molecule has 0 spiro atoms. The maximum atomic E-state index is 6.42. The molecule has 0 aromatic heterocycles. The highest BCUT2D eigenvalue weighted by Gasteiger charge is 2.54. The third-order valence-corrected chi connectivity index (χ3v) is 5.83. The Morgan fingerprint density at radius 1 is 0.654 bits per heavy atom. The maximum absolute atomic E-state index is 6.42. The van der Waals surface area contributed by atoms with Gasteiger partial charge in [-0.3, -0.25) is 0 Å². The van der Waals surface area contributed by atoms with Gasteiger partial charge < -0.3 is 9.31 Å². The van der Waals surface area contributed by atoms with Crippen LogP contribution < -0.4 is 0 Å². The lowest BCUT2D eigenvalue weighted by Crippen LogP contribution is -2.41. The zero-order valence-electron chi connectivity index (χ0n) is 15.9. The molecule has 0 N–H and O–H groups in total. The van der Waals surface area contributed by atoms with E-state index in [1.54, 1.807) is 0 Å². The van der Waals surface area contributed by atoms with Gasteiger partial charge in [0.25, 0.3) is 0 Å². The molecule has 1 saturated heterocycles. The van der Waals surface area contributed by atoms with Crippen molar-refractivity contribution >= 4 is 17.9 Å². The van der Waals surface area contributed by atoms with E-state index < -0.39 is 0 Å². The largest absolute Gasteiger partial charge is 0.470 e. The van der Waals surface area contributed by atoms with Gasteiger partial charge in [-0.1, -0.05) is 72.8 Å². The first-order valence-electron chi connectivity index (χ1n) is 9.27. The summed E-state index contributed by atoms with van der Waals surface area (Å²) in [6.07, 6.45) is 0. The molecule has 0 radical (unpaired) electrons. The molecule has 2 nitrogen and oxygen atoms in total. The van der Waals surface area contributed by atoms with Crippen molar-refractivity contribution in [2.24, 2.45) is 0 Å². The molecule has 132 valence electrons. The van der Waals surface area contributed by atoms with Gasteiger partial charge in [0, 0.05) is 5.82 Å². The van der Waals surface area contributed by atoms with Crippen LogP contribution in [0.25, 0.3) is 10.8 Å². The van der Waals surface area contributed by atoms with Crippen LogP contribution in [0.4, 0.5) is 0 Å². The Bertz CT molecular complexity index is 902. The van der Waals surface area contributed by atoms with Crippen molar-refractivity contribution in [3.05, 3.63) is 83.9 Å². The fraction of sp³-hybridized carbons (Fsp3) is 0.304. The molecule has 1 atom stereocenters. The molecule has 3 aromatic rings. The predicted octanol–water partition coefficient (Wildman–Crippen LogP) is 5.60. The van der Waals surface area contributed by atoms with E-state index in [0.29, 0.717) is 0 Å². The Balaban J connectivity index is 1.81. The highest BCUT2D eigenvalue weighted by molar-refractivity contribution is 6.48. The van der Waals surface area contributed by atoms with Gasteiger partial charge in [0.05, 0.1) is 11.2 Å². The highest BCUT2D eigenvalue weighted by Crippen LogP contribution is 2.43. The summed E-state index contributed by atoms with van der Waals surface area (Å²) >= 11 is 0. The van der Waals surface area contributed by atoms with E-state index in [1.165, 1.54) is 21.9 Å². The van der Waals surface area contributed by atoms with Crippen molar-refractivity contribution in [3.8, 4) is 0 Å². The van der Waals surface area contributed by atoms with Gasteiger partial charge in [-0.15, -0.1) is 0 Å². The van der Waals surface area contributed by atoms with E-state index in [4.69, 9.17) is 9.31 Å². The SMILES string of the molecule is CC1(C)OB(C(c2ccccc2)c2ccc3ccccc3c2)OC1(C)C. The summed E-state index contributed by atoms with van der Waals surface area (Å²) in [5.41, 5.74) is 1.73. The first-order valence-corrected chi connectivity index (χ1v) is 9.27. The van der Waals surface area contributed by atoms with Gasteiger partial charge in [0.1, 0.15) is 0 Å². The molecule has 3 aromatic carbocycles. The van der Waals surface area contributed by atoms with Crippen LogP contribution in [0.5, 0.6) is 0 Å². The van der Waals surface area contributed by atoms with Crippen molar-refractivity contribution in [3.63, 3.8) is 0 Å². The second-order valence-corrected chi connectivity index (χ2v) is 8.12. The summed E-state index contributed by atoms with van der Waals surface area (Å²) in [4.78, 5) is 0. The van der Waals surface area contributed by atoms with Gasteiger partial charge in [-0.2, -0.15) is 0 Å². The fourth-order valence-corrected chi connectivity index (χ4v) is 3.59. The zero-order valence-corrected chi connectivity index (χ0v) is 15.9. The van der Waals surface area contributed by atoms with Crippen LogP contribution in [0.1, 0.15) is 44.6 Å². The van der Waals surface area contributed by atoms with Crippen LogP contribution >= 0.6 is 0 Å². The molecule has 1 unspecified atom stereocenters. The summed E-state index contributed by atoms with van der Waals surface area (Å²) in [5.74, 6) is 0.0295. The first kappa shape index (κ1) is 17.3. The molecular weight excluding hydrogens is 319 g/mol. The molecule has 1 heterocycles. The highest BCUT2D eigenvalue weighted by atomic mass is 16.7. The van der Waals surface area contributed by atoms with Crippen molar-refractivity contribution in [1.82, 2.24) is 0 Å². The molecule has 3 heteroatoms. The molecule has 0 aliphatic carbocycles. The average Bonchev–Trinajstić information content (AvgIpc) is 2.83. The number of hydrogen-bond acceptors (Lipinski definition) is 2. The summed E-state index contributed by atoms with van der Waals surface area (Å²) in [6.45, 7) is 8.43. The lowest BCUT2D eigenvalue weighted by atomic mass is 9.64. The normalized spacial score (nSPS) is 19.6. The van der Waals surface area contributed by atoms with Crippen LogP contribution in [0, 0.1) is 0 Å². The number of fused-ring (bicyclic) bond motifs is 1. The van der Waals surface area contributed by atoms with Crippen molar-refractivity contribution < 1.29 is 9.31 Å².